The molecule has 3 amide bonds. The molecule has 0 spiro atoms. The number of amides is 3. The summed E-state index contributed by atoms with van der Waals surface area (Å²) >= 11 is 0. The molecular weight excluding hydrogens is 525 g/mol. The predicted octanol–water partition coefficient (Wildman–Crippen LogP) is 4.47. The van der Waals surface area contributed by atoms with E-state index >= 15 is 0 Å². The van der Waals surface area contributed by atoms with E-state index in [4.69, 9.17) is 0 Å². The fourth-order valence-electron chi connectivity index (χ4n) is 4.78. The first-order chi connectivity index (χ1) is 18.4. The Balaban J connectivity index is 1.50. The maximum Gasteiger partial charge on any atom is 0.405 e. The van der Waals surface area contributed by atoms with E-state index < -0.39 is 54.0 Å². The van der Waals surface area contributed by atoms with Gasteiger partial charge in [-0.3, -0.25) is 19.1 Å². The second kappa shape index (κ2) is 11.3. The highest BCUT2D eigenvalue weighted by molar-refractivity contribution is 6.01. The summed E-state index contributed by atoms with van der Waals surface area (Å²) in [6, 6.07) is 3.16. The Kier molecular flexibility index (Phi) is 8.26. The molecule has 2 saturated carbocycles. The van der Waals surface area contributed by atoms with Gasteiger partial charge in [0.25, 0.3) is 11.8 Å². The summed E-state index contributed by atoms with van der Waals surface area (Å²) in [7, 11) is 0. The smallest absolute Gasteiger partial charge is 0.344 e. The number of carbonyl (C=O) groups excluding carboxylic acids is 3. The van der Waals surface area contributed by atoms with E-state index in [-0.39, 0.29) is 35.2 Å². The quantitative estimate of drug-likeness (QED) is 0.356. The molecule has 2 fully saturated rings. The van der Waals surface area contributed by atoms with Crippen LogP contribution in [0.2, 0.25) is 0 Å². The minimum absolute atomic E-state index is 0.0989. The fraction of sp³-hybridized carbons (Fsp3) is 0.538. The van der Waals surface area contributed by atoms with Gasteiger partial charge in [-0.2, -0.15) is 18.3 Å². The molecule has 1 heterocycles. The van der Waals surface area contributed by atoms with Crippen LogP contribution in [0.4, 0.5) is 27.6 Å². The monoisotopic (exact) mass is 555 g/mol. The van der Waals surface area contributed by atoms with Crippen LogP contribution in [0.15, 0.2) is 30.5 Å². The Morgan fingerprint density at radius 3 is 2.23 bits per heavy atom. The van der Waals surface area contributed by atoms with Gasteiger partial charge in [0.2, 0.25) is 12.1 Å². The molecule has 39 heavy (non-hydrogen) atoms. The maximum atomic E-state index is 14.9. The average Bonchev–Trinajstić information content (AvgIpc) is 3.81. The molecule has 0 saturated heterocycles. The number of aromatic nitrogens is 2. The minimum atomic E-state index is -4.73. The topological polar surface area (TPSA) is 105 Å². The molecule has 0 radical (unpaired) electrons. The summed E-state index contributed by atoms with van der Waals surface area (Å²) < 4.78 is 67.7. The molecule has 2 atom stereocenters. The van der Waals surface area contributed by atoms with Gasteiger partial charge in [-0.05, 0) is 81.0 Å². The Hall–Kier alpha value is -3.51. The zero-order chi connectivity index (χ0) is 28.5. The van der Waals surface area contributed by atoms with E-state index in [0.717, 1.165) is 37.8 Å². The summed E-state index contributed by atoms with van der Waals surface area (Å²) in [6.07, 6.45) is -2.11. The van der Waals surface area contributed by atoms with Gasteiger partial charge >= 0.3 is 6.18 Å². The molecule has 2 aromatic rings. The standard InChI is InChI=1S/C26H30F5N5O3/c1-13(2)36-19(9-10-33-36)23(37)35-22(20(14-3-4-14)15-5-6-15)25(39)34-18-8-7-16(11-17(18)27)21(28)24(38)32-12-26(29,30)31/h7-11,13-15,20-22H,3-6,12H2,1-2H3,(H,32,38)(H,34,39)(H,35,37)/t21-,22-/m0/s1. The highest BCUT2D eigenvalue weighted by Crippen LogP contribution is 2.51. The summed E-state index contributed by atoms with van der Waals surface area (Å²) in [5.41, 5.74) is -0.546. The number of hydrogen-bond donors (Lipinski definition) is 3. The summed E-state index contributed by atoms with van der Waals surface area (Å²) in [5.74, 6) is -3.42. The molecule has 1 aromatic carbocycles. The first-order valence-electron chi connectivity index (χ1n) is 12.8. The molecule has 0 aliphatic heterocycles. The van der Waals surface area contributed by atoms with Crippen LogP contribution in [0.5, 0.6) is 0 Å². The molecule has 4 rings (SSSR count). The number of benzene rings is 1. The third-order valence-electron chi connectivity index (χ3n) is 6.92. The first-order valence-corrected chi connectivity index (χ1v) is 12.8. The Morgan fingerprint density at radius 2 is 1.69 bits per heavy atom. The van der Waals surface area contributed by atoms with Crippen LogP contribution >= 0.6 is 0 Å². The number of anilines is 1. The number of nitrogens with one attached hydrogen (secondary N) is 3. The molecule has 2 aliphatic carbocycles. The Morgan fingerprint density at radius 1 is 1.05 bits per heavy atom. The van der Waals surface area contributed by atoms with Crippen LogP contribution in [0, 0.1) is 23.6 Å². The molecule has 13 heteroatoms. The van der Waals surface area contributed by atoms with Crippen LogP contribution in [0.25, 0.3) is 0 Å². The molecular formula is C26H30F5N5O3. The summed E-state index contributed by atoms with van der Waals surface area (Å²) in [4.78, 5) is 38.3. The number of halogens is 5. The van der Waals surface area contributed by atoms with Gasteiger partial charge in [-0.15, -0.1) is 0 Å². The third-order valence-corrected chi connectivity index (χ3v) is 6.92. The van der Waals surface area contributed by atoms with E-state index in [2.05, 4.69) is 15.7 Å². The van der Waals surface area contributed by atoms with Gasteiger partial charge in [-0.25, -0.2) is 8.78 Å². The summed E-state index contributed by atoms with van der Waals surface area (Å²) in [6.45, 7) is 2.00. The molecule has 8 nitrogen and oxygen atoms in total. The van der Waals surface area contributed by atoms with Crippen LogP contribution < -0.4 is 16.0 Å². The number of nitrogens with zero attached hydrogens (tertiary/aromatic N) is 2. The lowest BCUT2D eigenvalue weighted by Crippen LogP contribution is -2.50. The van der Waals surface area contributed by atoms with E-state index in [0.29, 0.717) is 6.07 Å². The van der Waals surface area contributed by atoms with Crippen molar-refractivity contribution in [2.24, 2.45) is 17.8 Å². The highest BCUT2D eigenvalue weighted by Gasteiger charge is 2.48. The Labute approximate surface area is 221 Å². The Bertz CT molecular complexity index is 1210. The van der Waals surface area contributed by atoms with Crippen molar-refractivity contribution in [3.63, 3.8) is 0 Å². The van der Waals surface area contributed by atoms with Crippen LogP contribution in [-0.2, 0) is 9.59 Å². The van der Waals surface area contributed by atoms with Gasteiger partial charge in [0.05, 0.1) is 5.69 Å². The van der Waals surface area contributed by atoms with Crippen molar-refractivity contribution in [3.05, 3.63) is 47.5 Å². The average molecular weight is 556 g/mol. The van der Waals surface area contributed by atoms with Gasteiger partial charge in [0, 0.05) is 12.2 Å². The van der Waals surface area contributed by atoms with Crippen molar-refractivity contribution >= 4 is 23.4 Å². The number of alkyl halides is 4. The van der Waals surface area contributed by atoms with Crippen molar-refractivity contribution in [2.45, 2.75) is 64.0 Å². The number of carbonyl (C=O) groups is 3. The van der Waals surface area contributed by atoms with Gasteiger partial charge in [0.15, 0.2) is 0 Å². The lowest BCUT2D eigenvalue weighted by Gasteiger charge is -2.28. The largest absolute Gasteiger partial charge is 0.405 e. The third kappa shape index (κ3) is 7.12. The zero-order valence-corrected chi connectivity index (χ0v) is 21.4. The van der Waals surface area contributed by atoms with Crippen molar-refractivity contribution in [1.82, 2.24) is 20.4 Å². The van der Waals surface area contributed by atoms with Crippen molar-refractivity contribution in [3.8, 4) is 0 Å². The number of hydrogen-bond acceptors (Lipinski definition) is 4. The van der Waals surface area contributed by atoms with E-state index in [1.54, 1.807) is 6.07 Å². The molecule has 2 aliphatic rings. The second-order valence-corrected chi connectivity index (χ2v) is 10.4. The fourth-order valence-corrected chi connectivity index (χ4v) is 4.78. The van der Waals surface area contributed by atoms with E-state index in [9.17, 15) is 36.3 Å². The van der Waals surface area contributed by atoms with Crippen LogP contribution in [0.1, 0.15) is 67.8 Å². The predicted molar refractivity (Wildman–Crippen MR) is 131 cm³/mol. The van der Waals surface area contributed by atoms with Gasteiger partial charge < -0.3 is 16.0 Å². The molecule has 3 N–H and O–H groups in total. The first kappa shape index (κ1) is 28.5. The molecule has 0 bridgehead atoms. The van der Waals surface area contributed by atoms with E-state index in [1.807, 2.05) is 13.8 Å². The highest BCUT2D eigenvalue weighted by atomic mass is 19.4. The van der Waals surface area contributed by atoms with Crippen LogP contribution in [0.3, 0.4) is 0 Å². The van der Waals surface area contributed by atoms with Gasteiger partial charge in [-0.1, -0.05) is 6.07 Å². The lowest BCUT2D eigenvalue weighted by atomic mass is 9.88. The number of rotatable bonds is 11. The maximum absolute atomic E-state index is 14.9. The SMILES string of the molecule is CC(C)n1nccc1C(=O)N[C@H](C(=O)Nc1ccc([C@H](F)C(=O)NCC(F)(F)F)cc1F)C(C1CC1)C1CC1. The molecule has 0 unspecified atom stereocenters. The minimum Gasteiger partial charge on any atom is -0.344 e. The van der Waals surface area contributed by atoms with Crippen molar-refractivity contribution in [2.75, 3.05) is 11.9 Å². The second-order valence-electron chi connectivity index (χ2n) is 10.4. The normalized spacial score (nSPS) is 17.2. The van der Waals surface area contributed by atoms with Crippen LogP contribution in [-0.4, -0.2) is 46.3 Å². The molecule has 1 aromatic heterocycles. The summed E-state index contributed by atoms with van der Waals surface area (Å²) in [5, 5.41) is 10.9. The van der Waals surface area contributed by atoms with E-state index in [1.165, 1.54) is 16.2 Å². The van der Waals surface area contributed by atoms with Gasteiger partial charge in [0.1, 0.15) is 24.1 Å². The van der Waals surface area contributed by atoms with Crippen molar-refractivity contribution in [1.29, 1.82) is 0 Å². The zero-order valence-electron chi connectivity index (χ0n) is 21.4. The lowest BCUT2D eigenvalue weighted by molar-refractivity contribution is -0.141. The van der Waals surface area contributed by atoms with Crippen molar-refractivity contribution < 1.29 is 36.3 Å². The molecule has 212 valence electrons.